The predicted molar refractivity (Wildman–Crippen MR) is 84.9 cm³/mol. The van der Waals surface area contributed by atoms with Gasteiger partial charge in [-0.25, -0.2) is 4.39 Å². The third-order valence-corrected chi connectivity index (χ3v) is 3.85. The second-order valence-corrected chi connectivity index (χ2v) is 5.79. The molecular formula is C16H16Cl2FNO. The molecule has 0 spiro atoms. The second kappa shape index (κ2) is 7.12. The van der Waals surface area contributed by atoms with Crippen molar-refractivity contribution in [1.82, 2.24) is 0 Å². The zero-order valence-corrected chi connectivity index (χ0v) is 13.1. The van der Waals surface area contributed by atoms with Gasteiger partial charge in [0.2, 0.25) is 0 Å². The average molecular weight is 328 g/mol. The number of halogens is 3. The molecule has 0 saturated carbocycles. The van der Waals surface area contributed by atoms with Gasteiger partial charge in [0.05, 0.1) is 10.0 Å². The molecule has 5 heteroatoms. The highest BCUT2D eigenvalue weighted by Crippen LogP contribution is 2.32. The van der Waals surface area contributed by atoms with E-state index in [1.54, 1.807) is 24.3 Å². The van der Waals surface area contributed by atoms with Gasteiger partial charge < -0.3 is 10.5 Å². The van der Waals surface area contributed by atoms with Gasteiger partial charge in [-0.1, -0.05) is 30.1 Å². The Hall–Kier alpha value is -1.29. The van der Waals surface area contributed by atoms with Crippen LogP contribution in [0, 0.1) is 11.7 Å². The minimum Gasteiger partial charge on any atom is -0.457 e. The van der Waals surface area contributed by atoms with Crippen molar-refractivity contribution in [3.05, 3.63) is 57.8 Å². The van der Waals surface area contributed by atoms with E-state index in [4.69, 9.17) is 33.7 Å². The lowest BCUT2D eigenvalue weighted by Gasteiger charge is -2.14. The van der Waals surface area contributed by atoms with Crippen molar-refractivity contribution in [3.63, 3.8) is 0 Å². The van der Waals surface area contributed by atoms with E-state index >= 15 is 0 Å². The summed E-state index contributed by atoms with van der Waals surface area (Å²) in [7, 11) is 0. The quantitative estimate of drug-likeness (QED) is 0.832. The van der Waals surface area contributed by atoms with Crippen LogP contribution >= 0.6 is 23.2 Å². The highest BCUT2D eigenvalue weighted by atomic mass is 35.5. The summed E-state index contributed by atoms with van der Waals surface area (Å²) in [5, 5.41) is 0.869. The normalized spacial score (nSPS) is 12.2. The largest absolute Gasteiger partial charge is 0.457 e. The third-order valence-electron chi connectivity index (χ3n) is 3.11. The summed E-state index contributed by atoms with van der Waals surface area (Å²) in [4.78, 5) is 0. The van der Waals surface area contributed by atoms with Crippen molar-refractivity contribution >= 4 is 23.2 Å². The minimum absolute atomic E-state index is 0.239. The number of hydrogen-bond donors (Lipinski definition) is 1. The number of rotatable bonds is 5. The molecule has 0 aliphatic rings. The van der Waals surface area contributed by atoms with Crippen molar-refractivity contribution in [1.29, 1.82) is 0 Å². The highest BCUT2D eigenvalue weighted by Gasteiger charge is 2.11. The Morgan fingerprint density at radius 1 is 1.14 bits per heavy atom. The summed E-state index contributed by atoms with van der Waals surface area (Å²) in [5.41, 5.74) is 6.41. The van der Waals surface area contributed by atoms with Crippen molar-refractivity contribution in [2.45, 2.75) is 13.3 Å². The summed E-state index contributed by atoms with van der Waals surface area (Å²) < 4.78 is 19.2. The van der Waals surface area contributed by atoms with E-state index in [1.807, 2.05) is 6.92 Å². The Morgan fingerprint density at radius 3 is 2.57 bits per heavy atom. The third kappa shape index (κ3) is 4.34. The van der Waals surface area contributed by atoms with Crippen LogP contribution in [0.4, 0.5) is 4.39 Å². The van der Waals surface area contributed by atoms with Crippen molar-refractivity contribution < 1.29 is 9.13 Å². The Labute approximate surface area is 133 Å². The molecule has 21 heavy (non-hydrogen) atoms. The Kier molecular flexibility index (Phi) is 5.45. The Balaban J connectivity index is 2.28. The van der Waals surface area contributed by atoms with Gasteiger partial charge in [0.1, 0.15) is 17.3 Å². The maximum atomic E-state index is 13.4. The van der Waals surface area contributed by atoms with Gasteiger partial charge in [0, 0.05) is 6.07 Å². The molecule has 2 aromatic rings. The first-order valence-electron chi connectivity index (χ1n) is 6.61. The maximum Gasteiger partial charge on any atom is 0.130 e. The molecule has 2 nitrogen and oxygen atoms in total. The molecular weight excluding hydrogens is 312 g/mol. The van der Waals surface area contributed by atoms with Crippen LogP contribution in [0.15, 0.2) is 36.4 Å². The van der Waals surface area contributed by atoms with Crippen LogP contribution in [0.5, 0.6) is 11.5 Å². The number of hydrogen-bond acceptors (Lipinski definition) is 2. The SMILES string of the molecule is CC(CN)Cc1cc(F)ccc1Oc1ccc(Cl)c(Cl)c1. The number of benzene rings is 2. The van der Waals surface area contributed by atoms with Gasteiger partial charge in [0.15, 0.2) is 0 Å². The van der Waals surface area contributed by atoms with Gasteiger partial charge in [-0.15, -0.1) is 0 Å². The summed E-state index contributed by atoms with van der Waals surface area (Å²) in [6.07, 6.45) is 0.644. The van der Waals surface area contributed by atoms with Crippen LogP contribution in [0.2, 0.25) is 10.0 Å². The second-order valence-electron chi connectivity index (χ2n) is 4.98. The molecule has 0 aliphatic heterocycles. The molecule has 112 valence electrons. The molecule has 0 radical (unpaired) electrons. The smallest absolute Gasteiger partial charge is 0.130 e. The first-order valence-corrected chi connectivity index (χ1v) is 7.36. The van der Waals surface area contributed by atoms with E-state index in [1.165, 1.54) is 12.1 Å². The number of nitrogens with two attached hydrogens (primary N) is 1. The molecule has 2 aromatic carbocycles. The standard InChI is InChI=1S/C16H16Cl2FNO/c1-10(9-20)6-11-7-12(19)2-5-16(11)21-13-3-4-14(17)15(18)8-13/h2-5,7-8,10H,6,9,20H2,1H3. The molecule has 0 saturated heterocycles. The Bertz CT molecular complexity index is 634. The fourth-order valence-electron chi connectivity index (χ4n) is 1.93. The molecule has 0 aliphatic carbocycles. The van der Waals surface area contributed by atoms with E-state index in [0.717, 1.165) is 5.56 Å². The molecule has 1 unspecified atom stereocenters. The Morgan fingerprint density at radius 2 is 1.90 bits per heavy atom. The molecule has 0 fully saturated rings. The van der Waals surface area contributed by atoms with Crippen LogP contribution < -0.4 is 10.5 Å². The molecule has 1 atom stereocenters. The fourth-order valence-corrected chi connectivity index (χ4v) is 2.22. The molecule has 0 amide bonds. The maximum absolute atomic E-state index is 13.4. The van der Waals surface area contributed by atoms with E-state index in [2.05, 4.69) is 0 Å². The van der Waals surface area contributed by atoms with Gasteiger partial charge in [-0.2, -0.15) is 0 Å². The minimum atomic E-state index is -0.296. The zero-order chi connectivity index (χ0) is 15.4. The molecule has 2 rings (SSSR count). The molecule has 0 bridgehead atoms. The summed E-state index contributed by atoms with van der Waals surface area (Å²) in [5.74, 6) is 1.09. The van der Waals surface area contributed by atoms with Crippen LogP contribution in [0.1, 0.15) is 12.5 Å². The van der Waals surface area contributed by atoms with Crippen LogP contribution in [0.25, 0.3) is 0 Å². The van der Waals surface area contributed by atoms with Gasteiger partial charge in [-0.3, -0.25) is 0 Å². The van der Waals surface area contributed by atoms with Gasteiger partial charge in [0.25, 0.3) is 0 Å². The van der Waals surface area contributed by atoms with E-state index in [0.29, 0.717) is 34.5 Å². The topological polar surface area (TPSA) is 35.2 Å². The first-order chi connectivity index (χ1) is 9.99. The fraction of sp³-hybridized carbons (Fsp3) is 0.250. The van der Waals surface area contributed by atoms with Crippen molar-refractivity contribution in [2.75, 3.05) is 6.54 Å². The molecule has 2 N–H and O–H groups in total. The van der Waals surface area contributed by atoms with Gasteiger partial charge >= 0.3 is 0 Å². The lowest BCUT2D eigenvalue weighted by Crippen LogP contribution is -2.13. The first kappa shape index (κ1) is 16.1. The van der Waals surface area contributed by atoms with E-state index < -0.39 is 0 Å². The number of ether oxygens (including phenoxy) is 1. The average Bonchev–Trinajstić information content (AvgIpc) is 2.45. The lowest BCUT2D eigenvalue weighted by atomic mass is 10.0. The monoisotopic (exact) mass is 327 g/mol. The van der Waals surface area contributed by atoms with Crippen LogP contribution in [-0.4, -0.2) is 6.54 Å². The molecule has 0 heterocycles. The zero-order valence-electron chi connectivity index (χ0n) is 11.6. The van der Waals surface area contributed by atoms with Crippen molar-refractivity contribution in [3.8, 4) is 11.5 Å². The van der Waals surface area contributed by atoms with E-state index in [9.17, 15) is 4.39 Å². The summed E-state index contributed by atoms with van der Waals surface area (Å²) in [6.45, 7) is 2.54. The van der Waals surface area contributed by atoms with Crippen molar-refractivity contribution in [2.24, 2.45) is 11.7 Å². The van der Waals surface area contributed by atoms with E-state index in [-0.39, 0.29) is 11.7 Å². The molecule has 0 aromatic heterocycles. The summed E-state index contributed by atoms with van der Waals surface area (Å²) >= 11 is 11.8. The predicted octanol–water partition coefficient (Wildman–Crippen LogP) is 5.06. The lowest BCUT2D eigenvalue weighted by molar-refractivity contribution is 0.465. The van der Waals surface area contributed by atoms with Gasteiger partial charge in [-0.05, 0) is 54.8 Å². The van der Waals surface area contributed by atoms with Crippen LogP contribution in [0.3, 0.4) is 0 Å². The van der Waals surface area contributed by atoms with Crippen LogP contribution in [-0.2, 0) is 6.42 Å². The highest BCUT2D eigenvalue weighted by molar-refractivity contribution is 6.42. The summed E-state index contributed by atoms with van der Waals surface area (Å²) in [6, 6.07) is 9.45.